The molecule has 16 heavy (non-hydrogen) atoms. The standard InChI is InChI=1S/C11H16BrNO2S/c1-9(12)8-13(2)10-4-6-11(7-5-10)16(3,14)15/h4-7,9H,8H2,1-3H3. The van der Waals surface area contributed by atoms with Crippen LogP contribution in [0.1, 0.15) is 6.92 Å². The topological polar surface area (TPSA) is 37.4 Å². The summed E-state index contributed by atoms with van der Waals surface area (Å²) in [6, 6.07) is 6.93. The maximum Gasteiger partial charge on any atom is 0.175 e. The summed E-state index contributed by atoms with van der Waals surface area (Å²) < 4.78 is 22.5. The van der Waals surface area contributed by atoms with Crippen LogP contribution in [-0.4, -0.2) is 33.1 Å². The van der Waals surface area contributed by atoms with Crippen LogP contribution in [0.15, 0.2) is 29.2 Å². The fourth-order valence-electron chi connectivity index (χ4n) is 1.43. The van der Waals surface area contributed by atoms with E-state index in [0.29, 0.717) is 9.72 Å². The van der Waals surface area contributed by atoms with E-state index in [-0.39, 0.29) is 0 Å². The van der Waals surface area contributed by atoms with Crippen LogP contribution in [0.2, 0.25) is 0 Å². The number of sulfone groups is 1. The minimum atomic E-state index is -3.10. The van der Waals surface area contributed by atoms with Crippen LogP contribution in [0, 0.1) is 0 Å². The highest BCUT2D eigenvalue weighted by Crippen LogP contribution is 2.17. The Balaban J connectivity index is 2.87. The lowest BCUT2D eigenvalue weighted by Crippen LogP contribution is -2.23. The molecule has 90 valence electrons. The normalized spacial score (nSPS) is 13.5. The quantitative estimate of drug-likeness (QED) is 0.801. The van der Waals surface area contributed by atoms with E-state index in [1.807, 2.05) is 19.2 Å². The Morgan fingerprint density at radius 2 is 1.81 bits per heavy atom. The predicted octanol–water partition coefficient (Wildman–Crippen LogP) is 2.31. The van der Waals surface area contributed by atoms with Crippen LogP contribution in [0.5, 0.6) is 0 Å². The molecule has 0 saturated heterocycles. The van der Waals surface area contributed by atoms with Gasteiger partial charge in [0.15, 0.2) is 9.84 Å². The van der Waals surface area contributed by atoms with Crippen molar-refractivity contribution in [3.63, 3.8) is 0 Å². The lowest BCUT2D eigenvalue weighted by Gasteiger charge is -2.20. The molecule has 0 spiro atoms. The largest absolute Gasteiger partial charge is 0.373 e. The van der Waals surface area contributed by atoms with Crippen LogP contribution in [0.25, 0.3) is 0 Å². The van der Waals surface area contributed by atoms with E-state index in [1.54, 1.807) is 12.1 Å². The molecule has 5 heteroatoms. The lowest BCUT2D eigenvalue weighted by molar-refractivity contribution is 0.602. The average Bonchev–Trinajstić information content (AvgIpc) is 2.15. The van der Waals surface area contributed by atoms with Gasteiger partial charge in [0.1, 0.15) is 0 Å². The number of hydrogen-bond donors (Lipinski definition) is 0. The summed E-state index contributed by atoms with van der Waals surface area (Å²) in [6.07, 6.45) is 1.21. The molecule has 0 bridgehead atoms. The first kappa shape index (κ1) is 13.5. The fraction of sp³-hybridized carbons (Fsp3) is 0.455. The maximum atomic E-state index is 11.3. The molecule has 0 heterocycles. The summed E-state index contributed by atoms with van der Waals surface area (Å²) in [5.74, 6) is 0. The van der Waals surface area contributed by atoms with E-state index >= 15 is 0 Å². The number of hydrogen-bond acceptors (Lipinski definition) is 3. The number of rotatable bonds is 4. The van der Waals surface area contributed by atoms with Gasteiger partial charge in [0.05, 0.1) is 4.90 Å². The molecule has 0 amide bonds. The zero-order valence-corrected chi connectivity index (χ0v) is 12.0. The second-order valence-electron chi connectivity index (χ2n) is 3.93. The van der Waals surface area contributed by atoms with Gasteiger partial charge >= 0.3 is 0 Å². The van der Waals surface area contributed by atoms with Crippen molar-refractivity contribution in [1.82, 2.24) is 0 Å². The van der Waals surface area contributed by atoms with Gasteiger partial charge < -0.3 is 4.90 Å². The van der Waals surface area contributed by atoms with Gasteiger partial charge in [-0.1, -0.05) is 22.9 Å². The Bertz CT molecular complexity index is 440. The van der Waals surface area contributed by atoms with Gasteiger partial charge in [-0.25, -0.2) is 8.42 Å². The van der Waals surface area contributed by atoms with Crippen molar-refractivity contribution in [2.75, 3.05) is 24.7 Å². The van der Waals surface area contributed by atoms with Gasteiger partial charge in [0.25, 0.3) is 0 Å². The van der Waals surface area contributed by atoms with Gasteiger partial charge in [0, 0.05) is 30.4 Å². The van der Waals surface area contributed by atoms with Crippen LogP contribution in [0.3, 0.4) is 0 Å². The van der Waals surface area contributed by atoms with Crippen molar-refractivity contribution in [3.8, 4) is 0 Å². The molecule has 0 aliphatic rings. The summed E-state index contributed by atoms with van der Waals surface area (Å²) in [5, 5.41) is 0. The molecule has 0 aliphatic heterocycles. The molecule has 0 aliphatic carbocycles. The highest BCUT2D eigenvalue weighted by molar-refractivity contribution is 9.09. The number of halogens is 1. The first-order chi connectivity index (χ1) is 7.30. The van der Waals surface area contributed by atoms with E-state index in [2.05, 4.69) is 27.8 Å². The first-order valence-corrected chi connectivity index (χ1v) is 7.77. The third-order valence-electron chi connectivity index (χ3n) is 2.23. The summed E-state index contributed by atoms with van der Waals surface area (Å²) in [7, 11) is -1.12. The Hall–Kier alpha value is -0.550. The number of benzene rings is 1. The van der Waals surface area contributed by atoms with Gasteiger partial charge in [-0.05, 0) is 24.3 Å². The molecular weight excluding hydrogens is 290 g/mol. The van der Waals surface area contributed by atoms with Gasteiger partial charge in [-0.15, -0.1) is 0 Å². The molecule has 0 aromatic heterocycles. The molecule has 1 aromatic rings. The van der Waals surface area contributed by atoms with Crippen molar-refractivity contribution in [3.05, 3.63) is 24.3 Å². The molecule has 1 aromatic carbocycles. The first-order valence-electron chi connectivity index (χ1n) is 4.96. The molecule has 1 atom stereocenters. The summed E-state index contributed by atoms with van der Waals surface area (Å²) >= 11 is 3.48. The zero-order chi connectivity index (χ0) is 12.3. The third kappa shape index (κ3) is 3.79. The summed E-state index contributed by atoms with van der Waals surface area (Å²) in [4.78, 5) is 2.83. The van der Waals surface area contributed by atoms with Gasteiger partial charge in [-0.2, -0.15) is 0 Å². The highest BCUT2D eigenvalue weighted by Gasteiger charge is 2.08. The monoisotopic (exact) mass is 305 g/mol. The number of alkyl halides is 1. The molecule has 1 rings (SSSR count). The Morgan fingerprint density at radius 1 is 1.31 bits per heavy atom. The van der Waals surface area contributed by atoms with Crippen LogP contribution in [-0.2, 0) is 9.84 Å². The van der Waals surface area contributed by atoms with E-state index in [4.69, 9.17) is 0 Å². The van der Waals surface area contributed by atoms with Crippen LogP contribution < -0.4 is 4.90 Å². The summed E-state index contributed by atoms with van der Waals surface area (Å²) in [5.41, 5.74) is 1.01. The van der Waals surface area contributed by atoms with Crippen molar-refractivity contribution in [1.29, 1.82) is 0 Å². The Morgan fingerprint density at radius 3 is 2.19 bits per heavy atom. The average molecular weight is 306 g/mol. The van der Waals surface area contributed by atoms with Gasteiger partial charge in [-0.3, -0.25) is 0 Å². The minimum absolute atomic E-state index is 0.358. The fourth-order valence-corrected chi connectivity index (χ4v) is 2.50. The molecule has 0 N–H and O–H groups in total. The lowest BCUT2D eigenvalue weighted by atomic mass is 10.3. The molecule has 0 fully saturated rings. The molecule has 0 radical (unpaired) electrons. The third-order valence-corrected chi connectivity index (χ3v) is 3.65. The number of anilines is 1. The second kappa shape index (κ2) is 5.19. The highest BCUT2D eigenvalue weighted by atomic mass is 79.9. The van der Waals surface area contributed by atoms with E-state index in [0.717, 1.165) is 12.2 Å². The Labute approximate surface area is 106 Å². The molecular formula is C11H16BrNO2S. The molecule has 0 saturated carbocycles. The second-order valence-corrected chi connectivity index (χ2v) is 7.51. The van der Waals surface area contributed by atoms with E-state index < -0.39 is 9.84 Å². The van der Waals surface area contributed by atoms with Crippen molar-refractivity contribution < 1.29 is 8.42 Å². The smallest absolute Gasteiger partial charge is 0.175 e. The van der Waals surface area contributed by atoms with E-state index in [1.165, 1.54) is 6.26 Å². The molecule has 1 unspecified atom stereocenters. The maximum absolute atomic E-state index is 11.3. The predicted molar refractivity (Wildman–Crippen MR) is 71.2 cm³/mol. The number of nitrogens with zero attached hydrogens (tertiary/aromatic N) is 1. The Kier molecular flexibility index (Phi) is 4.38. The van der Waals surface area contributed by atoms with Crippen molar-refractivity contribution in [2.45, 2.75) is 16.6 Å². The zero-order valence-electron chi connectivity index (χ0n) is 9.64. The van der Waals surface area contributed by atoms with Crippen molar-refractivity contribution >= 4 is 31.5 Å². The van der Waals surface area contributed by atoms with Crippen molar-refractivity contribution in [2.24, 2.45) is 0 Å². The van der Waals surface area contributed by atoms with Crippen LogP contribution in [0.4, 0.5) is 5.69 Å². The SMILES string of the molecule is CC(Br)CN(C)c1ccc(S(C)(=O)=O)cc1. The van der Waals surface area contributed by atoms with Crippen LogP contribution >= 0.6 is 15.9 Å². The van der Waals surface area contributed by atoms with Gasteiger partial charge in [0.2, 0.25) is 0 Å². The molecule has 3 nitrogen and oxygen atoms in total. The minimum Gasteiger partial charge on any atom is -0.373 e. The van der Waals surface area contributed by atoms with E-state index in [9.17, 15) is 8.42 Å². The summed E-state index contributed by atoms with van der Waals surface area (Å²) in [6.45, 7) is 2.94.